The third-order valence-electron chi connectivity index (χ3n) is 2.55. The van der Waals surface area contributed by atoms with Crippen molar-refractivity contribution in [1.82, 2.24) is 9.78 Å². The molecule has 0 spiro atoms. The van der Waals surface area contributed by atoms with Crippen LogP contribution in [0.2, 0.25) is 0 Å². The minimum Gasteiger partial charge on any atom is -0.296 e. The van der Waals surface area contributed by atoms with Gasteiger partial charge in [0.05, 0.1) is 6.04 Å². The number of aromatic nitrogens is 2. The highest BCUT2D eigenvalue weighted by Gasteiger charge is 2.40. The molecule has 1 unspecified atom stereocenters. The summed E-state index contributed by atoms with van der Waals surface area (Å²) in [6.45, 7) is 0. The van der Waals surface area contributed by atoms with E-state index in [2.05, 4.69) is 5.10 Å². The molecule has 1 aromatic heterocycles. The van der Waals surface area contributed by atoms with Gasteiger partial charge in [-0.15, -0.1) is 0 Å². The van der Waals surface area contributed by atoms with Crippen LogP contribution in [-0.4, -0.2) is 22.0 Å². The van der Waals surface area contributed by atoms with Gasteiger partial charge in [-0.05, 0) is 12.5 Å². The molecule has 1 aliphatic rings. The summed E-state index contributed by atoms with van der Waals surface area (Å²) in [5.41, 5.74) is 0.368. The monoisotopic (exact) mass is 200 g/mol. The van der Waals surface area contributed by atoms with E-state index in [1.165, 1.54) is 16.9 Å². The first-order valence-electron chi connectivity index (χ1n) is 4.49. The molecule has 1 aromatic rings. The van der Waals surface area contributed by atoms with Crippen LogP contribution in [0.4, 0.5) is 8.78 Å². The fourth-order valence-electron chi connectivity index (χ4n) is 1.86. The van der Waals surface area contributed by atoms with E-state index in [0.717, 1.165) is 0 Å². The summed E-state index contributed by atoms with van der Waals surface area (Å²) in [6.07, 6.45) is 2.16. The van der Waals surface area contributed by atoms with Gasteiger partial charge in [0.15, 0.2) is 6.29 Å². The first-order valence-corrected chi connectivity index (χ1v) is 4.49. The van der Waals surface area contributed by atoms with Gasteiger partial charge in [0.2, 0.25) is 5.92 Å². The Kier molecular flexibility index (Phi) is 2.09. The summed E-state index contributed by atoms with van der Waals surface area (Å²) < 4.78 is 27.2. The van der Waals surface area contributed by atoms with Crippen molar-refractivity contribution in [1.29, 1.82) is 0 Å². The molecule has 0 radical (unpaired) electrons. The maximum atomic E-state index is 12.9. The number of halogens is 2. The third-order valence-corrected chi connectivity index (χ3v) is 2.55. The quantitative estimate of drug-likeness (QED) is 0.685. The fraction of sp³-hybridized carbons (Fsp3) is 0.556. The summed E-state index contributed by atoms with van der Waals surface area (Å²) in [5, 5.41) is 3.89. The Balaban J connectivity index is 2.21. The topological polar surface area (TPSA) is 34.9 Å². The van der Waals surface area contributed by atoms with Crippen molar-refractivity contribution in [2.24, 2.45) is 0 Å². The average molecular weight is 200 g/mol. The van der Waals surface area contributed by atoms with Gasteiger partial charge in [-0.2, -0.15) is 5.10 Å². The van der Waals surface area contributed by atoms with Gasteiger partial charge in [-0.25, -0.2) is 8.78 Å². The first kappa shape index (κ1) is 9.30. The maximum Gasteiger partial charge on any atom is 0.250 e. The maximum absolute atomic E-state index is 12.9. The minimum atomic E-state index is -2.60. The molecule has 76 valence electrons. The lowest BCUT2D eigenvalue weighted by molar-refractivity contribution is 0.00509. The zero-order valence-electron chi connectivity index (χ0n) is 7.49. The van der Waals surface area contributed by atoms with Crippen LogP contribution in [0.25, 0.3) is 0 Å². The van der Waals surface area contributed by atoms with E-state index in [4.69, 9.17) is 0 Å². The average Bonchev–Trinajstić information content (AvgIpc) is 2.70. The molecule has 1 heterocycles. The van der Waals surface area contributed by atoms with Crippen molar-refractivity contribution in [3.05, 3.63) is 18.0 Å². The van der Waals surface area contributed by atoms with Crippen molar-refractivity contribution >= 4 is 6.29 Å². The molecular formula is C9H10F2N2O. The van der Waals surface area contributed by atoms with E-state index in [1.807, 2.05) is 0 Å². The molecule has 5 heteroatoms. The molecule has 0 N–H and O–H groups in total. The predicted molar refractivity (Wildman–Crippen MR) is 45.4 cm³/mol. The highest BCUT2D eigenvalue weighted by molar-refractivity contribution is 5.71. The molecule has 3 nitrogen and oxygen atoms in total. The summed E-state index contributed by atoms with van der Waals surface area (Å²) in [7, 11) is 0. The van der Waals surface area contributed by atoms with Crippen molar-refractivity contribution in [2.45, 2.75) is 31.2 Å². The third kappa shape index (κ3) is 1.54. The van der Waals surface area contributed by atoms with E-state index < -0.39 is 5.92 Å². The zero-order valence-corrected chi connectivity index (χ0v) is 7.49. The lowest BCUT2D eigenvalue weighted by atomic mass is 10.2. The van der Waals surface area contributed by atoms with Gasteiger partial charge in [0.25, 0.3) is 0 Å². The van der Waals surface area contributed by atoms with Gasteiger partial charge in [0, 0.05) is 19.0 Å². The van der Waals surface area contributed by atoms with Crippen LogP contribution >= 0.6 is 0 Å². The Labute approximate surface area is 79.7 Å². The number of carbonyl (C=O) groups is 1. The van der Waals surface area contributed by atoms with Gasteiger partial charge in [0.1, 0.15) is 5.69 Å². The molecule has 0 saturated heterocycles. The Morgan fingerprint density at radius 2 is 2.43 bits per heavy atom. The normalized spacial score (nSPS) is 25.1. The van der Waals surface area contributed by atoms with Crippen LogP contribution in [-0.2, 0) is 0 Å². The Hall–Kier alpha value is -1.26. The lowest BCUT2D eigenvalue weighted by Gasteiger charge is -2.12. The van der Waals surface area contributed by atoms with Gasteiger partial charge < -0.3 is 0 Å². The van der Waals surface area contributed by atoms with E-state index in [1.54, 1.807) is 0 Å². The SMILES string of the molecule is O=Cc1ccnn1C1CCC(F)(F)C1. The van der Waals surface area contributed by atoms with Crippen molar-refractivity contribution in [2.75, 3.05) is 0 Å². The van der Waals surface area contributed by atoms with Gasteiger partial charge in [-0.3, -0.25) is 9.48 Å². The highest BCUT2D eigenvalue weighted by Crippen LogP contribution is 2.41. The molecule has 1 aliphatic carbocycles. The van der Waals surface area contributed by atoms with E-state index in [0.29, 0.717) is 18.4 Å². The van der Waals surface area contributed by atoms with Crippen molar-refractivity contribution in [3.63, 3.8) is 0 Å². The smallest absolute Gasteiger partial charge is 0.250 e. The molecule has 1 saturated carbocycles. The number of aldehydes is 1. The molecular weight excluding hydrogens is 190 g/mol. The molecule has 2 rings (SSSR count). The van der Waals surface area contributed by atoms with E-state index >= 15 is 0 Å². The van der Waals surface area contributed by atoms with Crippen LogP contribution < -0.4 is 0 Å². The largest absolute Gasteiger partial charge is 0.296 e. The number of carbonyl (C=O) groups excluding carboxylic acids is 1. The molecule has 0 aromatic carbocycles. The number of rotatable bonds is 2. The second kappa shape index (κ2) is 3.15. The molecule has 1 fully saturated rings. The van der Waals surface area contributed by atoms with Crippen LogP contribution in [0, 0.1) is 0 Å². The highest BCUT2D eigenvalue weighted by atomic mass is 19.3. The van der Waals surface area contributed by atoms with Crippen LogP contribution in [0.1, 0.15) is 35.8 Å². The standard InChI is InChI=1S/C9H10F2N2O/c10-9(11)3-1-7(5-9)13-8(6-14)2-4-12-13/h2,4,6-7H,1,3,5H2. The first-order chi connectivity index (χ1) is 6.62. The van der Waals surface area contributed by atoms with Gasteiger partial charge >= 0.3 is 0 Å². The van der Waals surface area contributed by atoms with Crippen molar-refractivity contribution in [3.8, 4) is 0 Å². The van der Waals surface area contributed by atoms with Crippen molar-refractivity contribution < 1.29 is 13.6 Å². The number of hydrogen-bond donors (Lipinski definition) is 0. The summed E-state index contributed by atoms with van der Waals surface area (Å²) in [4.78, 5) is 10.6. The van der Waals surface area contributed by atoms with Crippen LogP contribution in [0.5, 0.6) is 0 Å². The minimum absolute atomic E-state index is 0.115. The molecule has 0 amide bonds. The number of hydrogen-bond acceptors (Lipinski definition) is 2. The molecule has 0 bridgehead atoms. The summed E-state index contributed by atoms with van der Waals surface area (Å²) in [5.74, 6) is -2.60. The Bertz CT molecular complexity index is 348. The summed E-state index contributed by atoms with van der Waals surface area (Å²) >= 11 is 0. The zero-order chi connectivity index (χ0) is 10.2. The second-order valence-corrected chi connectivity index (χ2v) is 3.57. The van der Waals surface area contributed by atoms with E-state index in [9.17, 15) is 13.6 Å². The second-order valence-electron chi connectivity index (χ2n) is 3.57. The van der Waals surface area contributed by atoms with Gasteiger partial charge in [-0.1, -0.05) is 0 Å². The molecule has 1 atom stereocenters. The summed E-state index contributed by atoms with van der Waals surface area (Å²) in [6, 6.07) is 1.20. The number of alkyl halides is 2. The number of nitrogens with zero attached hydrogens (tertiary/aromatic N) is 2. The lowest BCUT2D eigenvalue weighted by Crippen LogP contribution is -2.14. The van der Waals surface area contributed by atoms with E-state index in [-0.39, 0.29) is 18.9 Å². The Morgan fingerprint density at radius 3 is 3.00 bits per heavy atom. The molecule has 0 aliphatic heterocycles. The van der Waals surface area contributed by atoms with Crippen LogP contribution in [0.3, 0.4) is 0 Å². The van der Waals surface area contributed by atoms with Crippen LogP contribution in [0.15, 0.2) is 12.3 Å². The predicted octanol–water partition coefficient (Wildman–Crippen LogP) is 2.06. The fourth-order valence-corrected chi connectivity index (χ4v) is 1.86. The Morgan fingerprint density at radius 1 is 1.64 bits per heavy atom. The molecule has 14 heavy (non-hydrogen) atoms.